The van der Waals surface area contributed by atoms with E-state index in [0.29, 0.717) is 4.90 Å². The largest absolute Gasteiger partial charge is 0.380 e. The Balaban J connectivity index is 1.93. The van der Waals surface area contributed by atoms with Gasteiger partial charge in [0.1, 0.15) is 0 Å². The first-order valence-electron chi connectivity index (χ1n) is 7.72. The van der Waals surface area contributed by atoms with Crippen LogP contribution in [-0.4, -0.2) is 37.5 Å². The van der Waals surface area contributed by atoms with Gasteiger partial charge in [-0.05, 0) is 44.7 Å². The third-order valence-electron chi connectivity index (χ3n) is 5.05. The Morgan fingerprint density at radius 3 is 2.68 bits per heavy atom. The minimum absolute atomic E-state index is 0.00467. The first-order chi connectivity index (χ1) is 10.5. The normalized spacial score (nSPS) is 33.5. The Bertz CT molecular complexity index is 668. The molecule has 2 aliphatic rings. The third-order valence-corrected chi connectivity index (χ3v) is 7.03. The molecule has 1 aliphatic carbocycles. The fourth-order valence-corrected chi connectivity index (χ4v) is 5.93. The summed E-state index contributed by atoms with van der Waals surface area (Å²) in [5.41, 5.74) is 0.791. The summed E-state index contributed by atoms with van der Waals surface area (Å²) in [7, 11) is -1.78. The van der Waals surface area contributed by atoms with Gasteiger partial charge in [0.15, 0.2) is 0 Å². The summed E-state index contributed by atoms with van der Waals surface area (Å²) >= 11 is 0. The van der Waals surface area contributed by atoms with Crippen molar-refractivity contribution in [3.8, 4) is 0 Å². The monoisotopic (exact) mass is 321 g/mol. The molecule has 0 radical (unpaired) electrons. The van der Waals surface area contributed by atoms with Crippen LogP contribution in [-0.2, 0) is 14.8 Å². The Kier molecular flexibility index (Phi) is 3.91. The number of methoxy groups -OCH3 is 1. The van der Waals surface area contributed by atoms with Crippen molar-refractivity contribution in [1.29, 1.82) is 0 Å². The molecule has 0 aromatic heterocycles. The topological polar surface area (TPSA) is 46.4 Å². The van der Waals surface area contributed by atoms with Crippen molar-refractivity contribution >= 4 is 10.0 Å². The van der Waals surface area contributed by atoms with E-state index >= 15 is 0 Å². The number of piperidine rings is 1. The SMILES string of the molecule is C=CCC[C@]12CC[C@@H](OC)C1N2S(=O)(=O)c1ccc(C)cc1. The van der Waals surface area contributed by atoms with Crippen molar-refractivity contribution in [3.05, 3.63) is 42.5 Å². The predicted octanol–water partition coefficient (Wildman–Crippen LogP) is 2.88. The van der Waals surface area contributed by atoms with Gasteiger partial charge in [-0.3, -0.25) is 0 Å². The number of fused-ring (bicyclic) bond motifs is 1. The average molecular weight is 321 g/mol. The molecule has 1 aromatic carbocycles. The number of aryl methyl sites for hydroxylation is 1. The quantitative estimate of drug-likeness (QED) is 0.598. The maximum Gasteiger partial charge on any atom is 0.244 e. The molecule has 1 aliphatic heterocycles. The number of benzene rings is 1. The summed E-state index contributed by atoms with van der Waals surface area (Å²) in [6, 6.07) is 7.06. The predicted molar refractivity (Wildman–Crippen MR) is 86.2 cm³/mol. The Morgan fingerprint density at radius 2 is 2.09 bits per heavy atom. The van der Waals surface area contributed by atoms with Crippen molar-refractivity contribution in [1.82, 2.24) is 4.31 Å². The van der Waals surface area contributed by atoms with Crippen molar-refractivity contribution in [2.45, 2.75) is 55.2 Å². The fraction of sp³-hybridized carbons (Fsp3) is 0.529. The van der Waals surface area contributed by atoms with E-state index in [1.807, 2.05) is 25.1 Å². The zero-order valence-electron chi connectivity index (χ0n) is 13.2. The number of allylic oxidation sites excluding steroid dienone is 1. The number of rotatable bonds is 6. The molecule has 5 heteroatoms. The molecule has 4 nitrogen and oxygen atoms in total. The van der Waals surface area contributed by atoms with Crippen LogP contribution in [0.5, 0.6) is 0 Å². The highest BCUT2D eigenvalue weighted by atomic mass is 32.2. The van der Waals surface area contributed by atoms with Gasteiger partial charge in [-0.25, -0.2) is 8.42 Å². The molecule has 1 saturated carbocycles. The van der Waals surface area contributed by atoms with E-state index in [4.69, 9.17) is 4.74 Å². The van der Waals surface area contributed by atoms with Crippen LogP contribution in [0.15, 0.2) is 41.8 Å². The van der Waals surface area contributed by atoms with Crippen molar-refractivity contribution in [2.75, 3.05) is 7.11 Å². The molecule has 1 heterocycles. The van der Waals surface area contributed by atoms with Gasteiger partial charge in [0.05, 0.1) is 22.6 Å². The summed E-state index contributed by atoms with van der Waals surface area (Å²) in [4.78, 5) is 0.375. The summed E-state index contributed by atoms with van der Waals surface area (Å²) in [5.74, 6) is 0. The minimum Gasteiger partial charge on any atom is -0.380 e. The molecule has 0 spiro atoms. The molecular formula is C17H23NO3S. The second-order valence-corrected chi connectivity index (χ2v) is 8.12. The lowest BCUT2D eigenvalue weighted by Gasteiger charge is -2.18. The van der Waals surface area contributed by atoms with Gasteiger partial charge in [0, 0.05) is 7.11 Å². The lowest BCUT2D eigenvalue weighted by Crippen LogP contribution is -2.27. The molecule has 0 bridgehead atoms. The van der Waals surface area contributed by atoms with Gasteiger partial charge in [-0.2, -0.15) is 4.31 Å². The molecule has 0 N–H and O–H groups in total. The zero-order valence-corrected chi connectivity index (χ0v) is 14.0. The molecule has 1 saturated heterocycles. The van der Waals surface area contributed by atoms with Gasteiger partial charge in [-0.15, -0.1) is 6.58 Å². The lowest BCUT2D eigenvalue weighted by molar-refractivity contribution is 0.0962. The zero-order chi connectivity index (χ0) is 16.0. The van der Waals surface area contributed by atoms with E-state index < -0.39 is 10.0 Å². The van der Waals surface area contributed by atoms with E-state index in [2.05, 4.69) is 6.58 Å². The van der Waals surface area contributed by atoms with Crippen molar-refractivity contribution < 1.29 is 13.2 Å². The molecule has 22 heavy (non-hydrogen) atoms. The highest BCUT2D eigenvalue weighted by molar-refractivity contribution is 7.89. The van der Waals surface area contributed by atoms with Crippen LogP contribution in [0.3, 0.4) is 0 Å². The van der Waals surface area contributed by atoms with E-state index in [0.717, 1.165) is 31.2 Å². The molecule has 2 fully saturated rings. The van der Waals surface area contributed by atoms with Crippen LogP contribution in [0.4, 0.5) is 0 Å². The first-order valence-corrected chi connectivity index (χ1v) is 9.16. The minimum atomic E-state index is -3.45. The number of hydrogen-bond acceptors (Lipinski definition) is 3. The van der Waals surface area contributed by atoms with Gasteiger partial charge < -0.3 is 4.74 Å². The molecular weight excluding hydrogens is 298 g/mol. The first kappa shape index (κ1) is 15.7. The fourth-order valence-electron chi connectivity index (χ4n) is 3.87. The lowest BCUT2D eigenvalue weighted by atomic mass is 10.0. The molecule has 0 amide bonds. The summed E-state index contributed by atoms with van der Waals surface area (Å²) in [6.45, 7) is 5.72. The number of nitrogens with zero attached hydrogens (tertiary/aromatic N) is 1. The van der Waals surface area contributed by atoms with Crippen LogP contribution >= 0.6 is 0 Å². The van der Waals surface area contributed by atoms with Gasteiger partial charge >= 0.3 is 0 Å². The Hall–Kier alpha value is -1.17. The molecule has 4 atom stereocenters. The van der Waals surface area contributed by atoms with E-state index in [9.17, 15) is 8.42 Å². The smallest absolute Gasteiger partial charge is 0.244 e. The summed E-state index contributed by atoms with van der Waals surface area (Å²) < 4.78 is 33.2. The molecule has 3 rings (SSSR count). The van der Waals surface area contributed by atoms with E-state index in [1.165, 1.54) is 0 Å². The van der Waals surface area contributed by atoms with E-state index in [1.54, 1.807) is 23.5 Å². The van der Waals surface area contributed by atoms with Gasteiger partial charge in [0.2, 0.25) is 10.0 Å². The third kappa shape index (κ3) is 2.23. The highest BCUT2D eigenvalue weighted by Crippen LogP contribution is 2.59. The van der Waals surface area contributed by atoms with Crippen molar-refractivity contribution in [2.24, 2.45) is 0 Å². The highest BCUT2D eigenvalue weighted by Gasteiger charge is 2.73. The van der Waals surface area contributed by atoms with Crippen LogP contribution < -0.4 is 0 Å². The van der Waals surface area contributed by atoms with Crippen LogP contribution in [0.2, 0.25) is 0 Å². The van der Waals surface area contributed by atoms with Crippen LogP contribution in [0.1, 0.15) is 31.2 Å². The van der Waals surface area contributed by atoms with Crippen LogP contribution in [0.25, 0.3) is 0 Å². The Morgan fingerprint density at radius 1 is 1.41 bits per heavy atom. The summed E-state index contributed by atoms with van der Waals surface area (Å²) in [5, 5.41) is 0. The van der Waals surface area contributed by atoms with E-state index in [-0.39, 0.29) is 17.7 Å². The second kappa shape index (κ2) is 5.48. The number of hydrogen-bond donors (Lipinski definition) is 0. The standard InChI is InChI=1S/C17H23NO3S/c1-4-5-11-17-12-10-15(21-3)16(17)18(17)22(19,20)14-8-6-13(2)7-9-14/h4,6-9,15-16H,1,5,10-12H2,2-3H3/t15-,16?,17+,18?/m1/s1. The molecule has 1 aromatic rings. The van der Waals surface area contributed by atoms with Gasteiger partial charge in [-0.1, -0.05) is 23.8 Å². The Labute approximate surface area is 132 Å². The maximum atomic E-state index is 13.0. The number of ether oxygens (including phenoxy) is 1. The maximum absolute atomic E-state index is 13.0. The average Bonchev–Trinajstić information content (AvgIpc) is 3.04. The number of sulfonamides is 1. The molecule has 120 valence electrons. The summed E-state index contributed by atoms with van der Waals surface area (Å²) in [6.07, 6.45) is 5.32. The van der Waals surface area contributed by atoms with Gasteiger partial charge in [0.25, 0.3) is 0 Å². The second-order valence-electron chi connectivity index (χ2n) is 6.30. The van der Waals surface area contributed by atoms with Crippen LogP contribution in [0, 0.1) is 6.92 Å². The molecule has 2 unspecified atom stereocenters. The van der Waals surface area contributed by atoms with Crippen molar-refractivity contribution in [3.63, 3.8) is 0 Å².